The Kier molecular flexibility index (Phi) is 3.41. The number of carbonyl (C=O) groups is 1. The van der Waals surface area contributed by atoms with E-state index in [1.807, 2.05) is 12.1 Å². The zero-order valence-electron chi connectivity index (χ0n) is 10.8. The van der Waals surface area contributed by atoms with Crippen molar-refractivity contribution in [1.82, 2.24) is 10.1 Å². The van der Waals surface area contributed by atoms with Gasteiger partial charge in [-0.25, -0.2) is 0 Å². The minimum absolute atomic E-state index is 0.362. The van der Waals surface area contributed by atoms with E-state index >= 15 is 0 Å². The standard InChI is InChI=1S/C15H10ClN3O2/c16-12-3-1-2-11(8-12)14-18-15(21-19-14)10-6-4-9(5-7-10)13(17)20/h1-8H,(H2,17,20). The second-order valence-corrected chi connectivity index (χ2v) is 4.81. The fourth-order valence-electron chi connectivity index (χ4n) is 1.86. The van der Waals surface area contributed by atoms with E-state index in [9.17, 15) is 4.79 Å². The predicted octanol–water partition coefficient (Wildman–Crippen LogP) is 3.16. The number of hydrogen-bond donors (Lipinski definition) is 1. The van der Waals surface area contributed by atoms with E-state index in [1.54, 1.807) is 36.4 Å². The molecule has 21 heavy (non-hydrogen) atoms. The molecule has 0 unspecified atom stereocenters. The van der Waals surface area contributed by atoms with Crippen LogP contribution in [0.5, 0.6) is 0 Å². The van der Waals surface area contributed by atoms with Crippen LogP contribution in [0, 0.1) is 0 Å². The van der Waals surface area contributed by atoms with Crippen LogP contribution in [0.1, 0.15) is 10.4 Å². The van der Waals surface area contributed by atoms with Gasteiger partial charge < -0.3 is 10.3 Å². The first-order chi connectivity index (χ1) is 10.1. The van der Waals surface area contributed by atoms with Crippen molar-refractivity contribution < 1.29 is 9.32 Å². The van der Waals surface area contributed by atoms with Gasteiger partial charge in [-0.1, -0.05) is 28.9 Å². The smallest absolute Gasteiger partial charge is 0.258 e. The summed E-state index contributed by atoms with van der Waals surface area (Å²) in [5.74, 6) is 0.333. The zero-order chi connectivity index (χ0) is 14.8. The summed E-state index contributed by atoms with van der Waals surface area (Å²) in [5, 5.41) is 4.53. The van der Waals surface area contributed by atoms with Gasteiger partial charge in [-0.15, -0.1) is 0 Å². The Hall–Kier alpha value is -2.66. The van der Waals surface area contributed by atoms with Gasteiger partial charge in [0.25, 0.3) is 5.89 Å². The van der Waals surface area contributed by atoms with Crippen molar-refractivity contribution >= 4 is 17.5 Å². The normalized spacial score (nSPS) is 10.5. The maximum Gasteiger partial charge on any atom is 0.258 e. The number of primary amides is 1. The third-order valence-corrected chi connectivity index (χ3v) is 3.16. The first-order valence-corrected chi connectivity index (χ1v) is 6.51. The fourth-order valence-corrected chi connectivity index (χ4v) is 2.05. The number of aromatic nitrogens is 2. The lowest BCUT2D eigenvalue weighted by Crippen LogP contribution is -2.10. The molecule has 6 heteroatoms. The number of hydrogen-bond acceptors (Lipinski definition) is 4. The maximum absolute atomic E-state index is 11.0. The minimum atomic E-state index is -0.480. The third kappa shape index (κ3) is 2.78. The fraction of sp³-hybridized carbons (Fsp3) is 0. The van der Waals surface area contributed by atoms with E-state index < -0.39 is 5.91 Å². The van der Waals surface area contributed by atoms with Crippen LogP contribution in [0.4, 0.5) is 0 Å². The van der Waals surface area contributed by atoms with Gasteiger partial charge in [-0.05, 0) is 36.4 Å². The molecule has 3 aromatic rings. The summed E-state index contributed by atoms with van der Waals surface area (Å²) in [6.45, 7) is 0. The van der Waals surface area contributed by atoms with Gasteiger partial charge >= 0.3 is 0 Å². The molecule has 5 nitrogen and oxygen atoms in total. The van der Waals surface area contributed by atoms with Crippen molar-refractivity contribution in [3.05, 3.63) is 59.1 Å². The van der Waals surface area contributed by atoms with Crippen molar-refractivity contribution in [3.8, 4) is 22.8 Å². The van der Waals surface area contributed by atoms with Crippen LogP contribution in [0.2, 0.25) is 5.02 Å². The lowest BCUT2D eigenvalue weighted by atomic mass is 10.1. The number of carbonyl (C=O) groups excluding carboxylic acids is 1. The Morgan fingerprint density at radius 3 is 2.52 bits per heavy atom. The lowest BCUT2D eigenvalue weighted by molar-refractivity contribution is 0.100. The average Bonchev–Trinajstić information content (AvgIpc) is 2.97. The van der Waals surface area contributed by atoms with Gasteiger partial charge in [0.15, 0.2) is 0 Å². The molecule has 0 atom stereocenters. The number of nitrogens with zero attached hydrogens (tertiary/aromatic N) is 2. The summed E-state index contributed by atoms with van der Waals surface area (Å²) in [4.78, 5) is 15.3. The highest BCUT2D eigenvalue weighted by Gasteiger charge is 2.11. The number of rotatable bonds is 3. The zero-order valence-corrected chi connectivity index (χ0v) is 11.5. The van der Waals surface area contributed by atoms with Crippen LogP contribution in [-0.4, -0.2) is 16.0 Å². The van der Waals surface area contributed by atoms with Crippen LogP contribution in [0.25, 0.3) is 22.8 Å². The number of nitrogens with two attached hydrogens (primary N) is 1. The van der Waals surface area contributed by atoms with E-state index in [1.165, 1.54) is 0 Å². The van der Waals surface area contributed by atoms with E-state index in [2.05, 4.69) is 10.1 Å². The quantitative estimate of drug-likeness (QED) is 0.805. The molecule has 0 saturated heterocycles. The van der Waals surface area contributed by atoms with Crippen LogP contribution >= 0.6 is 11.6 Å². The number of halogens is 1. The van der Waals surface area contributed by atoms with E-state index in [0.29, 0.717) is 27.9 Å². The molecule has 0 bridgehead atoms. The van der Waals surface area contributed by atoms with Crippen molar-refractivity contribution in [2.75, 3.05) is 0 Å². The summed E-state index contributed by atoms with van der Waals surface area (Å²) in [6.07, 6.45) is 0. The highest BCUT2D eigenvalue weighted by atomic mass is 35.5. The van der Waals surface area contributed by atoms with Gasteiger partial charge in [0.05, 0.1) is 0 Å². The van der Waals surface area contributed by atoms with Crippen LogP contribution in [0.3, 0.4) is 0 Å². The first-order valence-electron chi connectivity index (χ1n) is 6.13. The van der Waals surface area contributed by atoms with Crippen LogP contribution in [-0.2, 0) is 0 Å². The molecule has 0 aliphatic carbocycles. The Labute approximate surface area is 125 Å². The second-order valence-electron chi connectivity index (χ2n) is 4.38. The molecule has 0 spiro atoms. The molecule has 1 heterocycles. The number of amides is 1. The highest BCUT2D eigenvalue weighted by Crippen LogP contribution is 2.24. The monoisotopic (exact) mass is 299 g/mol. The molecule has 0 aliphatic rings. The third-order valence-electron chi connectivity index (χ3n) is 2.93. The summed E-state index contributed by atoms with van der Waals surface area (Å²) < 4.78 is 5.22. The van der Waals surface area contributed by atoms with E-state index in [-0.39, 0.29) is 0 Å². The lowest BCUT2D eigenvalue weighted by Gasteiger charge is -1.96. The molecular formula is C15H10ClN3O2. The topological polar surface area (TPSA) is 82.0 Å². The van der Waals surface area contributed by atoms with Gasteiger partial charge in [0, 0.05) is 21.7 Å². The molecule has 104 valence electrons. The molecule has 2 N–H and O–H groups in total. The molecule has 0 saturated carbocycles. The molecule has 0 fully saturated rings. The minimum Gasteiger partial charge on any atom is -0.366 e. The summed E-state index contributed by atoms with van der Waals surface area (Å²) in [6, 6.07) is 13.8. The van der Waals surface area contributed by atoms with Crippen LogP contribution < -0.4 is 5.73 Å². The van der Waals surface area contributed by atoms with E-state index in [4.69, 9.17) is 21.9 Å². The SMILES string of the molecule is NC(=O)c1ccc(-c2nc(-c3cccc(Cl)c3)no2)cc1. The van der Waals surface area contributed by atoms with Gasteiger partial charge in [0.1, 0.15) is 0 Å². The molecule has 0 radical (unpaired) electrons. The van der Waals surface area contributed by atoms with Crippen molar-refractivity contribution in [1.29, 1.82) is 0 Å². The Morgan fingerprint density at radius 1 is 1.10 bits per heavy atom. The Balaban J connectivity index is 1.93. The predicted molar refractivity (Wildman–Crippen MR) is 78.7 cm³/mol. The Morgan fingerprint density at radius 2 is 1.86 bits per heavy atom. The molecule has 1 amide bonds. The van der Waals surface area contributed by atoms with Crippen molar-refractivity contribution in [2.24, 2.45) is 5.73 Å². The Bertz CT molecular complexity index is 797. The average molecular weight is 300 g/mol. The summed E-state index contributed by atoms with van der Waals surface area (Å²) >= 11 is 5.94. The van der Waals surface area contributed by atoms with Crippen LogP contribution in [0.15, 0.2) is 53.1 Å². The molecule has 1 aromatic heterocycles. The van der Waals surface area contributed by atoms with Gasteiger partial charge in [0.2, 0.25) is 11.7 Å². The van der Waals surface area contributed by atoms with Crippen molar-refractivity contribution in [2.45, 2.75) is 0 Å². The van der Waals surface area contributed by atoms with E-state index in [0.717, 1.165) is 5.56 Å². The number of benzene rings is 2. The first kappa shape index (κ1) is 13.3. The summed E-state index contributed by atoms with van der Waals surface area (Å²) in [5.41, 5.74) is 7.10. The van der Waals surface area contributed by atoms with Gasteiger partial charge in [-0.2, -0.15) is 4.98 Å². The van der Waals surface area contributed by atoms with Gasteiger partial charge in [-0.3, -0.25) is 4.79 Å². The largest absolute Gasteiger partial charge is 0.366 e. The molecule has 2 aromatic carbocycles. The van der Waals surface area contributed by atoms with Crippen molar-refractivity contribution in [3.63, 3.8) is 0 Å². The molecular weight excluding hydrogens is 290 g/mol. The maximum atomic E-state index is 11.0. The molecule has 3 rings (SSSR count). The second kappa shape index (κ2) is 5.38. The summed E-state index contributed by atoms with van der Waals surface area (Å²) in [7, 11) is 0. The molecule has 0 aliphatic heterocycles. The highest BCUT2D eigenvalue weighted by molar-refractivity contribution is 6.30.